The van der Waals surface area contributed by atoms with E-state index in [2.05, 4.69) is 24.4 Å². The van der Waals surface area contributed by atoms with E-state index in [4.69, 9.17) is 24.3 Å². The molecule has 4 rings (SSSR count). The second-order valence-corrected chi connectivity index (χ2v) is 8.60. The number of ether oxygens (including phenoxy) is 3. The van der Waals surface area contributed by atoms with Crippen molar-refractivity contribution < 1.29 is 19.0 Å². The van der Waals surface area contributed by atoms with E-state index in [1.807, 2.05) is 37.6 Å². The molecule has 0 saturated carbocycles. The average molecular weight is 489 g/mol. The zero-order chi connectivity index (χ0) is 25.8. The van der Waals surface area contributed by atoms with E-state index in [1.54, 1.807) is 32.4 Å². The van der Waals surface area contributed by atoms with Gasteiger partial charge in [-0.05, 0) is 63.9 Å². The summed E-state index contributed by atoms with van der Waals surface area (Å²) in [5.41, 5.74) is 6.27. The summed E-state index contributed by atoms with van der Waals surface area (Å²) in [4.78, 5) is 17.7. The number of benzene rings is 2. The summed E-state index contributed by atoms with van der Waals surface area (Å²) in [6.07, 6.45) is 0.734. The van der Waals surface area contributed by atoms with Gasteiger partial charge in [0.15, 0.2) is 5.65 Å². The summed E-state index contributed by atoms with van der Waals surface area (Å²) in [5, 5.41) is 8.69. The van der Waals surface area contributed by atoms with Gasteiger partial charge in [-0.1, -0.05) is 17.7 Å². The number of fused-ring (bicyclic) bond motifs is 1. The largest absolute Gasteiger partial charge is 0.497 e. The van der Waals surface area contributed by atoms with Crippen LogP contribution in [0.15, 0.2) is 42.5 Å². The van der Waals surface area contributed by atoms with Crippen molar-refractivity contribution >= 4 is 22.6 Å². The highest BCUT2D eigenvalue weighted by molar-refractivity contribution is 5.93. The van der Waals surface area contributed by atoms with Gasteiger partial charge in [0.25, 0.3) is 0 Å². The minimum absolute atomic E-state index is 0.132. The van der Waals surface area contributed by atoms with Crippen molar-refractivity contribution in [2.45, 2.75) is 40.5 Å². The maximum absolute atomic E-state index is 12.9. The zero-order valence-corrected chi connectivity index (χ0v) is 21.6. The number of hydrogen-bond acceptors (Lipinski definition) is 6. The highest BCUT2D eigenvalue weighted by Crippen LogP contribution is 2.33. The Bertz CT molecular complexity index is 1390. The van der Waals surface area contributed by atoms with E-state index in [0.29, 0.717) is 36.1 Å². The number of methoxy groups -OCH3 is 2. The normalized spacial score (nSPS) is 10.9. The van der Waals surface area contributed by atoms with Gasteiger partial charge in [0.1, 0.15) is 11.5 Å². The number of carbonyl (C=O) groups is 1. The number of rotatable bonds is 9. The van der Waals surface area contributed by atoms with Gasteiger partial charge < -0.3 is 19.5 Å². The topological polar surface area (TPSA) is 87.5 Å². The lowest BCUT2D eigenvalue weighted by Crippen LogP contribution is -2.14. The van der Waals surface area contributed by atoms with Gasteiger partial charge in [-0.3, -0.25) is 4.79 Å². The number of pyridine rings is 1. The lowest BCUT2D eigenvalue weighted by atomic mass is 10.0. The fourth-order valence-corrected chi connectivity index (χ4v) is 4.30. The third-order valence-electron chi connectivity index (χ3n) is 6.17. The molecule has 36 heavy (non-hydrogen) atoms. The Morgan fingerprint density at radius 3 is 2.44 bits per heavy atom. The van der Waals surface area contributed by atoms with Crippen LogP contribution in [0.4, 0.5) is 5.69 Å². The Morgan fingerprint density at radius 2 is 1.78 bits per heavy atom. The van der Waals surface area contributed by atoms with Gasteiger partial charge in [-0.15, -0.1) is 0 Å². The number of nitrogens with one attached hydrogen (secondary N) is 1. The Balaban J connectivity index is 1.63. The molecule has 0 unspecified atom stereocenters. The number of anilines is 1. The number of amides is 1. The van der Waals surface area contributed by atoms with Crippen LogP contribution >= 0.6 is 0 Å². The molecule has 8 heteroatoms. The minimum atomic E-state index is -0.132. The van der Waals surface area contributed by atoms with Crippen molar-refractivity contribution in [1.29, 1.82) is 0 Å². The Hall–Kier alpha value is -4.07. The standard InChI is InChI=1S/C28H32N4O4/c1-7-36-28-22(13-15-25(33)29-23-14-12-21(34-5)16-24(23)35-6)18(3)26-19(4)31-32(27(26)30-28)20-10-8-17(2)9-11-20/h8-12,14,16H,7,13,15H2,1-6H3,(H,29,33). The highest BCUT2D eigenvalue weighted by Gasteiger charge is 2.21. The fourth-order valence-electron chi connectivity index (χ4n) is 4.30. The molecule has 2 heterocycles. The molecule has 4 aromatic rings. The van der Waals surface area contributed by atoms with Crippen LogP contribution in [-0.2, 0) is 11.2 Å². The summed E-state index contributed by atoms with van der Waals surface area (Å²) in [7, 11) is 3.14. The first-order valence-electron chi connectivity index (χ1n) is 12.0. The maximum atomic E-state index is 12.9. The first kappa shape index (κ1) is 25.0. The third-order valence-corrected chi connectivity index (χ3v) is 6.17. The molecule has 8 nitrogen and oxygen atoms in total. The van der Waals surface area contributed by atoms with Crippen LogP contribution in [0.3, 0.4) is 0 Å². The van der Waals surface area contributed by atoms with Gasteiger partial charge in [-0.2, -0.15) is 10.1 Å². The molecule has 0 atom stereocenters. The molecular formula is C28H32N4O4. The Labute approximate surface area is 211 Å². The summed E-state index contributed by atoms with van der Waals surface area (Å²) in [5.74, 6) is 1.59. The molecule has 0 saturated heterocycles. The predicted octanol–water partition coefficient (Wildman–Crippen LogP) is 5.33. The molecule has 1 N–H and O–H groups in total. The molecule has 0 aliphatic rings. The van der Waals surface area contributed by atoms with Crippen molar-refractivity contribution in [3.8, 4) is 23.1 Å². The second-order valence-electron chi connectivity index (χ2n) is 8.60. The van der Waals surface area contributed by atoms with Crippen LogP contribution in [0.25, 0.3) is 16.7 Å². The summed E-state index contributed by atoms with van der Waals surface area (Å²) in [6, 6.07) is 13.5. The van der Waals surface area contributed by atoms with Gasteiger partial charge in [0.2, 0.25) is 11.8 Å². The number of aryl methyl sites for hydroxylation is 3. The Morgan fingerprint density at radius 1 is 1.03 bits per heavy atom. The molecule has 0 fully saturated rings. The molecule has 0 spiro atoms. The van der Waals surface area contributed by atoms with Crippen LogP contribution in [-0.4, -0.2) is 41.5 Å². The van der Waals surface area contributed by atoms with Gasteiger partial charge in [-0.25, -0.2) is 4.68 Å². The zero-order valence-electron chi connectivity index (χ0n) is 21.6. The SMILES string of the molecule is CCOc1nc2c(c(C)nn2-c2ccc(C)cc2)c(C)c1CCC(=O)Nc1ccc(OC)cc1OC. The molecule has 0 radical (unpaired) electrons. The molecule has 0 aliphatic carbocycles. The highest BCUT2D eigenvalue weighted by atomic mass is 16.5. The molecule has 188 valence electrons. The van der Waals surface area contributed by atoms with Crippen LogP contribution in [0.1, 0.15) is 35.7 Å². The average Bonchev–Trinajstić information content (AvgIpc) is 3.20. The first-order valence-corrected chi connectivity index (χ1v) is 12.0. The van der Waals surface area contributed by atoms with Crippen LogP contribution < -0.4 is 19.5 Å². The van der Waals surface area contributed by atoms with Gasteiger partial charge in [0.05, 0.1) is 37.9 Å². The maximum Gasteiger partial charge on any atom is 0.224 e. The fraction of sp³-hybridized carbons (Fsp3) is 0.321. The summed E-state index contributed by atoms with van der Waals surface area (Å²) in [6.45, 7) is 8.47. The minimum Gasteiger partial charge on any atom is -0.497 e. The smallest absolute Gasteiger partial charge is 0.224 e. The Kier molecular flexibility index (Phi) is 7.43. The van der Waals surface area contributed by atoms with Crippen molar-refractivity contribution in [3.05, 3.63) is 64.8 Å². The number of aromatic nitrogens is 3. The van der Waals surface area contributed by atoms with Gasteiger partial charge in [0, 0.05) is 23.4 Å². The van der Waals surface area contributed by atoms with Crippen molar-refractivity contribution in [1.82, 2.24) is 14.8 Å². The van der Waals surface area contributed by atoms with Crippen LogP contribution in [0.5, 0.6) is 17.4 Å². The lowest BCUT2D eigenvalue weighted by molar-refractivity contribution is -0.116. The van der Waals surface area contributed by atoms with Crippen LogP contribution in [0, 0.1) is 20.8 Å². The molecule has 0 bridgehead atoms. The summed E-state index contributed by atoms with van der Waals surface area (Å²) < 4.78 is 18.4. The number of carbonyl (C=O) groups excluding carboxylic acids is 1. The quantitative estimate of drug-likeness (QED) is 0.343. The van der Waals surface area contributed by atoms with E-state index in [1.165, 1.54) is 5.56 Å². The van der Waals surface area contributed by atoms with E-state index in [0.717, 1.165) is 33.5 Å². The molecule has 2 aromatic carbocycles. The lowest BCUT2D eigenvalue weighted by Gasteiger charge is -2.15. The predicted molar refractivity (Wildman–Crippen MR) is 141 cm³/mol. The monoisotopic (exact) mass is 488 g/mol. The molecule has 1 amide bonds. The van der Waals surface area contributed by atoms with Crippen molar-refractivity contribution in [2.24, 2.45) is 0 Å². The number of nitrogens with zero attached hydrogens (tertiary/aromatic N) is 3. The number of hydrogen-bond donors (Lipinski definition) is 1. The summed E-state index contributed by atoms with van der Waals surface area (Å²) >= 11 is 0. The molecule has 2 aromatic heterocycles. The third kappa shape index (κ3) is 4.98. The van der Waals surface area contributed by atoms with E-state index >= 15 is 0 Å². The molecular weight excluding hydrogens is 456 g/mol. The van der Waals surface area contributed by atoms with E-state index < -0.39 is 0 Å². The van der Waals surface area contributed by atoms with E-state index in [-0.39, 0.29) is 12.3 Å². The van der Waals surface area contributed by atoms with Crippen LogP contribution in [0.2, 0.25) is 0 Å². The second kappa shape index (κ2) is 10.7. The first-order chi connectivity index (χ1) is 17.4. The van der Waals surface area contributed by atoms with Crippen molar-refractivity contribution in [3.63, 3.8) is 0 Å². The van der Waals surface area contributed by atoms with E-state index in [9.17, 15) is 4.79 Å². The van der Waals surface area contributed by atoms with Gasteiger partial charge >= 0.3 is 0 Å². The van der Waals surface area contributed by atoms with Crippen molar-refractivity contribution in [2.75, 3.05) is 26.1 Å². The molecule has 0 aliphatic heterocycles.